The van der Waals surface area contributed by atoms with Crippen molar-refractivity contribution < 1.29 is 9.53 Å². The molecule has 3 unspecified atom stereocenters. The van der Waals surface area contributed by atoms with Crippen molar-refractivity contribution in [3.8, 4) is 0 Å². The summed E-state index contributed by atoms with van der Waals surface area (Å²) in [5.41, 5.74) is 0.103. The van der Waals surface area contributed by atoms with Gasteiger partial charge in [0.25, 0.3) is 0 Å². The Morgan fingerprint density at radius 1 is 1.42 bits per heavy atom. The van der Waals surface area contributed by atoms with Crippen LogP contribution in [0.2, 0.25) is 0 Å². The monoisotopic (exact) mass is 270 g/mol. The summed E-state index contributed by atoms with van der Waals surface area (Å²) in [5, 5.41) is 6.41. The molecule has 112 valence electrons. The highest BCUT2D eigenvalue weighted by molar-refractivity contribution is 5.81. The Balaban J connectivity index is 2.27. The van der Waals surface area contributed by atoms with Crippen molar-refractivity contribution in [1.29, 1.82) is 0 Å². The Hall–Kier alpha value is -0.610. The molecule has 0 aromatic carbocycles. The molecule has 1 rings (SSSR count). The molecule has 0 spiro atoms. The summed E-state index contributed by atoms with van der Waals surface area (Å²) in [4.78, 5) is 11.9. The summed E-state index contributed by atoms with van der Waals surface area (Å²) >= 11 is 0. The Kier molecular flexibility index (Phi) is 6.27. The molecule has 4 heteroatoms. The normalized spacial score (nSPS) is 26.6. The second-order valence-electron chi connectivity index (χ2n) is 6.22. The van der Waals surface area contributed by atoms with Crippen LogP contribution in [-0.4, -0.2) is 37.7 Å². The number of rotatable bonds is 8. The number of carbonyl (C=O) groups is 1. The minimum Gasteiger partial charge on any atom is -0.381 e. The van der Waals surface area contributed by atoms with Crippen LogP contribution in [0.15, 0.2) is 0 Å². The third-order valence-electron chi connectivity index (χ3n) is 4.39. The van der Waals surface area contributed by atoms with Gasteiger partial charge in [-0.05, 0) is 19.8 Å². The molecule has 1 fully saturated rings. The van der Waals surface area contributed by atoms with Crippen LogP contribution in [0.5, 0.6) is 0 Å². The molecule has 0 aliphatic heterocycles. The summed E-state index contributed by atoms with van der Waals surface area (Å²) in [6.07, 6.45) is 4.70. The van der Waals surface area contributed by atoms with Gasteiger partial charge in [-0.3, -0.25) is 4.79 Å². The number of nitrogens with one attached hydrogen (secondary N) is 2. The van der Waals surface area contributed by atoms with E-state index in [1.807, 2.05) is 6.92 Å². The molecule has 2 N–H and O–H groups in total. The van der Waals surface area contributed by atoms with Crippen LogP contribution in [0.1, 0.15) is 53.4 Å². The summed E-state index contributed by atoms with van der Waals surface area (Å²) in [7, 11) is 1.76. The smallest absolute Gasteiger partial charge is 0.236 e. The SMILES string of the molecule is CCCCCNC(=O)C(C)NC1CC(OC)C1(C)C. The molecule has 1 aliphatic carbocycles. The standard InChI is InChI=1S/C15H30N2O2/c1-6-7-8-9-16-14(18)11(2)17-12-10-13(19-5)15(12,3)4/h11-13,17H,6-10H2,1-5H3,(H,16,18). The average molecular weight is 270 g/mol. The summed E-state index contributed by atoms with van der Waals surface area (Å²) in [6, 6.07) is 0.220. The van der Waals surface area contributed by atoms with E-state index in [4.69, 9.17) is 4.74 Å². The fourth-order valence-corrected chi connectivity index (χ4v) is 2.69. The topological polar surface area (TPSA) is 50.4 Å². The van der Waals surface area contributed by atoms with Gasteiger partial charge in [0.2, 0.25) is 5.91 Å². The van der Waals surface area contributed by atoms with Gasteiger partial charge in [0.05, 0.1) is 12.1 Å². The van der Waals surface area contributed by atoms with Gasteiger partial charge < -0.3 is 15.4 Å². The van der Waals surface area contributed by atoms with E-state index < -0.39 is 0 Å². The molecule has 3 atom stereocenters. The zero-order valence-corrected chi connectivity index (χ0v) is 13.1. The number of hydrogen-bond acceptors (Lipinski definition) is 3. The van der Waals surface area contributed by atoms with Crippen molar-refractivity contribution in [1.82, 2.24) is 10.6 Å². The van der Waals surface area contributed by atoms with Crippen molar-refractivity contribution in [2.24, 2.45) is 5.41 Å². The summed E-state index contributed by atoms with van der Waals surface area (Å²) < 4.78 is 5.42. The maximum atomic E-state index is 11.9. The van der Waals surface area contributed by atoms with Crippen LogP contribution >= 0.6 is 0 Å². The van der Waals surface area contributed by atoms with Crippen molar-refractivity contribution in [2.45, 2.75) is 71.6 Å². The van der Waals surface area contributed by atoms with Gasteiger partial charge in [0.1, 0.15) is 0 Å². The van der Waals surface area contributed by atoms with Gasteiger partial charge in [-0.15, -0.1) is 0 Å². The van der Waals surface area contributed by atoms with E-state index >= 15 is 0 Å². The number of unbranched alkanes of at least 4 members (excludes halogenated alkanes) is 2. The first kappa shape index (κ1) is 16.4. The molecule has 0 heterocycles. The molecule has 19 heavy (non-hydrogen) atoms. The van der Waals surface area contributed by atoms with Gasteiger partial charge >= 0.3 is 0 Å². The lowest BCUT2D eigenvalue weighted by Crippen LogP contribution is -2.63. The molecule has 1 aliphatic rings. The zero-order chi connectivity index (χ0) is 14.5. The van der Waals surface area contributed by atoms with Gasteiger partial charge in [-0.25, -0.2) is 0 Å². The van der Waals surface area contributed by atoms with Gasteiger partial charge in [-0.2, -0.15) is 0 Å². The van der Waals surface area contributed by atoms with E-state index in [0.29, 0.717) is 12.1 Å². The maximum Gasteiger partial charge on any atom is 0.236 e. The lowest BCUT2D eigenvalue weighted by molar-refractivity contribution is -0.127. The van der Waals surface area contributed by atoms with Gasteiger partial charge in [-0.1, -0.05) is 33.6 Å². The lowest BCUT2D eigenvalue weighted by Gasteiger charge is -2.52. The average Bonchev–Trinajstić information content (AvgIpc) is 2.38. The summed E-state index contributed by atoms with van der Waals surface area (Å²) in [5.74, 6) is 0.104. The maximum absolute atomic E-state index is 11.9. The molecule has 4 nitrogen and oxygen atoms in total. The van der Waals surface area contributed by atoms with Crippen molar-refractivity contribution in [3.63, 3.8) is 0 Å². The highest BCUT2D eigenvalue weighted by Gasteiger charge is 2.49. The number of carbonyl (C=O) groups excluding carboxylic acids is 1. The van der Waals surface area contributed by atoms with E-state index in [9.17, 15) is 4.79 Å². The summed E-state index contributed by atoms with van der Waals surface area (Å²) in [6.45, 7) is 9.26. The number of amides is 1. The fraction of sp³-hybridized carbons (Fsp3) is 0.933. The second kappa shape index (κ2) is 7.25. The molecule has 0 aromatic heterocycles. The molecular formula is C15H30N2O2. The molecule has 0 aromatic rings. The Labute approximate surface area is 117 Å². The van der Waals surface area contributed by atoms with Crippen LogP contribution in [0, 0.1) is 5.41 Å². The van der Waals surface area contributed by atoms with Crippen molar-refractivity contribution in [2.75, 3.05) is 13.7 Å². The third kappa shape index (κ3) is 4.18. The third-order valence-corrected chi connectivity index (χ3v) is 4.39. The van der Waals surface area contributed by atoms with Gasteiger partial charge in [0.15, 0.2) is 0 Å². The minimum absolute atomic E-state index is 0.103. The van der Waals surface area contributed by atoms with Crippen LogP contribution in [0.4, 0.5) is 0 Å². The first-order valence-corrected chi connectivity index (χ1v) is 7.50. The second-order valence-corrected chi connectivity index (χ2v) is 6.22. The molecule has 0 bridgehead atoms. The molecule has 0 saturated heterocycles. The van der Waals surface area contributed by atoms with Crippen LogP contribution in [-0.2, 0) is 9.53 Å². The van der Waals surface area contributed by atoms with E-state index in [0.717, 1.165) is 19.4 Å². The zero-order valence-electron chi connectivity index (χ0n) is 13.1. The van der Waals surface area contributed by atoms with Gasteiger partial charge in [0, 0.05) is 25.1 Å². The van der Waals surface area contributed by atoms with E-state index in [1.165, 1.54) is 12.8 Å². The minimum atomic E-state index is -0.135. The molecular weight excluding hydrogens is 240 g/mol. The largest absolute Gasteiger partial charge is 0.381 e. The van der Waals surface area contributed by atoms with Crippen LogP contribution < -0.4 is 10.6 Å². The Bertz CT molecular complexity index is 292. The first-order valence-electron chi connectivity index (χ1n) is 7.50. The number of ether oxygens (including phenoxy) is 1. The van der Waals surface area contributed by atoms with Crippen molar-refractivity contribution in [3.05, 3.63) is 0 Å². The lowest BCUT2D eigenvalue weighted by atomic mass is 9.64. The Morgan fingerprint density at radius 2 is 2.11 bits per heavy atom. The molecule has 1 saturated carbocycles. The predicted octanol–water partition coefficient (Wildman–Crippen LogP) is 2.08. The van der Waals surface area contributed by atoms with E-state index in [2.05, 4.69) is 31.4 Å². The number of hydrogen-bond donors (Lipinski definition) is 2. The van der Waals surface area contributed by atoms with Crippen LogP contribution in [0.3, 0.4) is 0 Å². The fourth-order valence-electron chi connectivity index (χ4n) is 2.69. The predicted molar refractivity (Wildman–Crippen MR) is 78.1 cm³/mol. The highest BCUT2D eigenvalue weighted by atomic mass is 16.5. The quantitative estimate of drug-likeness (QED) is 0.664. The first-order chi connectivity index (χ1) is 8.93. The van der Waals surface area contributed by atoms with E-state index in [1.54, 1.807) is 7.11 Å². The number of methoxy groups -OCH3 is 1. The van der Waals surface area contributed by atoms with E-state index in [-0.39, 0.29) is 17.4 Å². The highest BCUT2D eigenvalue weighted by Crippen LogP contribution is 2.42. The molecule has 0 radical (unpaired) electrons. The van der Waals surface area contributed by atoms with Crippen molar-refractivity contribution >= 4 is 5.91 Å². The molecule has 1 amide bonds. The van der Waals surface area contributed by atoms with Crippen LogP contribution in [0.25, 0.3) is 0 Å². The Morgan fingerprint density at radius 3 is 2.63 bits per heavy atom.